The third-order valence-corrected chi connectivity index (χ3v) is 5.66. The van der Waals surface area contributed by atoms with Gasteiger partial charge in [0.05, 0.1) is 11.3 Å². The Labute approximate surface area is 176 Å². The highest BCUT2D eigenvalue weighted by molar-refractivity contribution is 9.10. The molecule has 1 atom stereocenters. The van der Waals surface area contributed by atoms with Crippen LogP contribution >= 0.6 is 15.9 Å². The monoisotopic (exact) mass is 444 g/mol. The third kappa shape index (κ3) is 3.28. The van der Waals surface area contributed by atoms with E-state index in [1.807, 2.05) is 78.9 Å². The predicted molar refractivity (Wildman–Crippen MR) is 119 cm³/mol. The van der Waals surface area contributed by atoms with Gasteiger partial charge in [-0.3, -0.25) is 4.79 Å². The predicted octanol–water partition coefficient (Wildman–Crippen LogP) is 5.82. The molecule has 0 fully saturated rings. The van der Waals surface area contributed by atoms with E-state index in [9.17, 15) is 4.79 Å². The van der Waals surface area contributed by atoms with Gasteiger partial charge in [0.1, 0.15) is 0 Å². The molecule has 1 aromatic heterocycles. The van der Waals surface area contributed by atoms with E-state index in [-0.39, 0.29) is 11.7 Å². The summed E-state index contributed by atoms with van der Waals surface area (Å²) in [5, 5.41) is 5.29. The van der Waals surface area contributed by atoms with E-state index < -0.39 is 0 Å². The van der Waals surface area contributed by atoms with E-state index in [0.717, 1.165) is 32.1 Å². The van der Waals surface area contributed by atoms with Gasteiger partial charge in [0.25, 0.3) is 5.56 Å². The van der Waals surface area contributed by atoms with Gasteiger partial charge in [0.2, 0.25) is 0 Å². The molecule has 0 saturated heterocycles. The van der Waals surface area contributed by atoms with Gasteiger partial charge in [0, 0.05) is 27.4 Å². The fourth-order valence-electron chi connectivity index (χ4n) is 3.82. The van der Waals surface area contributed by atoms with Crippen molar-refractivity contribution in [3.05, 3.63) is 105 Å². The number of H-pyrrole nitrogens is 1. The molecule has 3 aromatic carbocycles. The lowest BCUT2D eigenvalue weighted by Crippen LogP contribution is -2.20. The Morgan fingerprint density at radius 3 is 2.41 bits per heavy atom. The van der Waals surface area contributed by atoms with Gasteiger partial charge in [-0.05, 0) is 29.3 Å². The first-order chi connectivity index (χ1) is 14.2. The summed E-state index contributed by atoms with van der Waals surface area (Å²) in [5.74, 6) is 0. The fraction of sp³-hybridized carbons (Fsp3) is 0.0833. The minimum atomic E-state index is -0.188. The Hall–Kier alpha value is -3.18. The highest BCUT2D eigenvalue weighted by atomic mass is 79.9. The van der Waals surface area contributed by atoms with Crippen LogP contribution in [0.3, 0.4) is 0 Å². The van der Waals surface area contributed by atoms with Crippen molar-refractivity contribution in [2.24, 2.45) is 5.16 Å². The van der Waals surface area contributed by atoms with Crippen LogP contribution in [0, 0.1) is 0 Å². The number of rotatable bonds is 3. The molecule has 0 bridgehead atoms. The standard InChI is InChI=1S/C24H17BrN2O2/c25-17-11-12-19-18(13-17)22(16-9-5-2-6-10-16)23(24(28)26-19)20-14-21(29-27-20)15-7-3-1-4-8-15/h1-13,21H,14H2,(H,26,28). The van der Waals surface area contributed by atoms with E-state index >= 15 is 0 Å². The first-order valence-electron chi connectivity index (χ1n) is 9.39. The molecular formula is C24H17BrN2O2. The molecule has 5 heteroatoms. The molecule has 0 saturated carbocycles. The molecule has 0 amide bonds. The zero-order valence-corrected chi connectivity index (χ0v) is 17.0. The first kappa shape index (κ1) is 17.9. The number of hydrogen-bond donors (Lipinski definition) is 1. The molecule has 1 aliphatic rings. The molecule has 0 radical (unpaired) electrons. The maximum Gasteiger partial charge on any atom is 0.258 e. The van der Waals surface area contributed by atoms with Crippen LogP contribution in [0.4, 0.5) is 0 Å². The number of nitrogens with zero attached hydrogens (tertiary/aromatic N) is 1. The summed E-state index contributed by atoms with van der Waals surface area (Å²) in [6.45, 7) is 0. The number of aromatic amines is 1. The van der Waals surface area contributed by atoms with Crippen LogP contribution in [0.5, 0.6) is 0 Å². The number of aromatic nitrogens is 1. The minimum Gasteiger partial charge on any atom is -0.387 e. The first-order valence-corrected chi connectivity index (χ1v) is 10.2. The number of halogens is 1. The summed E-state index contributed by atoms with van der Waals surface area (Å²) in [6.07, 6.45) is 0.360. The maximum absolute atomic E-state index is 13.1. The van der Waals surface area contributed by atoms with Gasteiger partial charge in [-0.15, -0.1) is 0 Å². The van der Waals surface area contributed by atoms with Gasteiger partial charge >= 0.3 is 0 Å². The number of hydrogen-bond acceptors (Lipinski definition) is 3. The number of fused-ring (bicyclic) bond motifs is 1. The molecule has 1 N–H and O–H groups in total. The molecule has 0 spiro atoms. The second kappa shape index (κ2) is 7.33. The van der Waals surface area contributed by atoms with Gasteiger partial charge in [-0.25, -0.2) is 0 Å². The third-order valence-electron chi connectivity index (χ3n) is 5.17. The second-order valence-corrected chi connectivity index (χ2v) is 7.92. The van der Waals surface area contributed by atoms with Crippen molar-refractivity contribution in [1.82, 2.24) is 4.98 Å². The molecule has 4 aromatic rings. The Kier molecular flexibility index (Phi) is 4.52. The number of benzene rings is 3. The van der Waals surface area contributed by atoms with Crippen LogP contribution in [-0.4, -0.2) is 10.7 Å². The molecule has 0 aliphatic carbocycles. The van der Waals surface area contributed by atoms with E-state index in [1.54, 1.807) is 0 Å². The Balaban J connectivity index is 1.70. The zero-order valence-electron chi connectivity index (χ0n) is 15.4. The van der Waals surface area contributed by atoms with Gasteiger partial charge in [-0.1, -0.05) is 81.7 Å². The summed E-state index contributed by atoms with van der Waals surface area (Å²) in [4.78, 5) is 21.9. The summed E-state index contributed by atoms with van der Waals surface area (Å²) >= 11 is 3.56. The van der Waals surface area contributed by atoms with Crippen molar-refractivity contribution < 1.29 is 4.84 Å². The molecule has 5 rings (SSSR count). The van der Waals surface area contributed by atoms with Crippen LogP contribution in [0.1, 0.15) is 23.7 Å². The van der Waals surface area contributed by atoms with Crippen molar-refractivity contribution in [1.29, 1.82) is 0 Å². The van der Waals surface area contributed by atoms with Crippen LogP contribution in [0.15, 0.2) is 93.3 Å². The van der Waals surface area contributed by atoms with Gasteiger partial charge in [0.15, 0.2) is 6.10 Å². The van der Waals surface area contributed by atoms with Crippen molar-refractivity contribution in [2.45, 2.75) is 12.5 Å². The lowest BCUT2D eigenvalue weighted by molar-refractivity contribution is 0.0857. The molecule has 1 unspecified atom stereocenters. The molecule has 142 valence electrons. The SMILES string of the molecule is O=c1[nH]c2ccc(Br)cc2c(-c2ccccc2)c1C1=NOC(c2ccccc2)C1. The van der Waals surface area contributed by atoms with Crippen molar-refractivity contribution >= 4 is 32.5 Å². The van der Waals surface area contributed by atoms with Crippen LogP contribution in [0.25, 0.3) is 22.0 Å². The molecular weight excluding hydrogens is 428 g/mol. The van der Waals surface area contributed by atoms with E-state index in [4.69, 9.17) is 4.84 Å². The summed E-state index contributed by atoms with van der Waals surface area (Å²) < 4.78 is 0.951. The van der Waals surface area contributed by atoms with Crippen LogP contribution < -0.4 is 5.56 Å². The van der Waals surface area contributed by atoms with Gasteiger partial charge < -0.3 is 9.82 Å². The van der Waals surface area contributed by atoms with Crippen LogP contribution in [0.2, 0.25) is 0 Å². The van der Waals surface area contributed by atoms with Crippen molar-refractivity contribution in [3.8, 4) is 11.1 Å². The maximum atomic E-state index is 13.1. The Morgan fingerprint density at radius 2 is 1.66 bits per heavy atom. The largest absolute Gasteiger partial charge is 0.387 e. The molecule has 29 heavy (non-hydrogen) atoms. The summed E-state index contributed by atoms with van der Waals surface area (Å²) in [6, 6.07) is 25.8. The fourth-order valence-corrected chi connectivity index (χ4v) is 4.18. The van der Waals surface area contributed by atoms with Crippen molar-refractivity contribution in [3.63, 3.8) is 0 Å². The zero-order chi connectivity index (χ0) is 19.8. The topological polar surface area (TPSA) is 54.5 Å². The lowest BCUT2D eigenvalue weighted by Gasteiger charge is -2.13. The quantitative estimate of drug-likeness (QED) is 0.432. The molecule has 1 aliphatic heterocycles. The smallest absolute Gasteiger partial charge is 0.258 e. The Morgan fingerprint density at radius 1 is 0.931 bits per heavy atom. The average Bonchev–Trinajstić information content (AvgIpc) is 3.24. The molecule has 2 heterocycles. The highest BCUT2D eigenvalue weighted by Crippen LogP contribution is 2.35. The minimum absolute atomic E-state index is 0.158. The number of nitrogens with one attached hydrogen (secondary N) is 1. The lowest BCUT2D eigenvalue weighted by atomic mass is 9.91. The number of oxime groups is 1. The second-order valence-electron chi connectivity index (χ2n) is 7.01. The van der Waals surface area contributed by atoms with E-state index in [1.165, 1.54) is 0 Å². The Bertz CT molecular complexity index is 1280. The average molecular weight is 445 g/mol. The summed E-state index contributed by atoms with van der Waals surface area (Å²) in [7, 11) is 0. The van der Waals surface area contributed by atoms with Crippen LogP contribution in [-0.2, 0) is 4.84 Å². The molecule has 4 nitrogen and oxygen atoms in total. The van der Waals surface area contributed by atoms with Crippen molar-refractivity contribution in [2.75, 3.05) is 0 Å². The van der Waals surface area contributed by atoms with Gasteiger partial charge in [-0.2, -0.15) is 0 Å². The normalized spacial score (nSPS) is 15.9. The summed E-state index contributed by atoms with van der Waals surface area (Å²) in [5.41, 5.74) is 4.77. The number of pyridine rings is 1. The van der Waals surface area contributed by atoms with E-state index in [2.05, 4.69) is 26.1 Å². The highest BCUT2D eigenvalue weighted by Gasteiger charge is 2.28. The van der Waals surface area contributed by atoms with E-state index in [0.29, 0.717) is 17.7 Å².